The van der Waals surface area contributed by atoms with Gasteiger partial charge in [0, 0.05) is 0 Å². The van der Waals surface area contributed by atoms with Gasteiger partial charge in [0.15, 0.2) is 0 Å². The highest BCUT2D eigenvalue weighted by Crippen LogP contribution is 2.50. The molecular weight excluding hydrogens is 208 g/mol. The minimum Gasteiger partial charge on any atom is -0.456 e. The van der Waals surface area contributed by atoms with E-state index in [9.17, 15) is 13.9 Å². The van der Waals surface area contributed by atoms with Gasteiger partial charge in [0.2, 0.25) is 0 Å². The molecule has 1 fully saturated rings. The van der Waals surface area contributed by atoms with Crippen molar-refractivity contribution >= 4 is 16.8 Å². The van der Waals surface area contributed by atoms with Crippen LogP contribution in [-0.2, 0) is 13.7 Å². The van der Waals surface area contributed by atoms with Crippen molar-refractivity contribution in [3.8, 4) is 0 Å². The first-order chi connectivity index (χ1) is 6.24. The molecule has 1 saturated heterocycles. The molecule has 1 heterocycles. The van der Waals surface area contributed by atoms with E-state index in [0.29, 0.717) is 0 Å². The molecule has 0 aromatic carbocycles. The number of ether oxygens (including phenoxy) is 1. The minimum absolute atomic E-state index is 0.0355. The highest BCUT2D eigenvalue weighted by Gasteiger charge is 2.45. The van der Waals surface area contributed by atoms with Crippen LogP contribution in [0.15, 0.2) is 0 Å². The maximum absolute atomic E-state index is 11.3. The predicted octanol–water partition coefficient (Wildman–Crippen LogP) is 1.64. The molecule has 1 rings (SSSR count). The molecule has 14 heavy (non-hydrogen) atoms. The van der Waals surface area contributed by atoms with Crippen LogP contribution < -0.4 is 0 Å². The lowest BCUT2D eigenvalue weighted by molar-refractivity contribution is -0.160. The molecule has 0 bridgehead atoms. The fourth-order valence-electron chi connectivity index (χ4n) is 1.12. The Balaban J connectivity index is 2.57. The molecule has 1 unspecified atom stereocenters. The molecule has 1 atom stereocenters. The summed E-state index contributed by atoms with van der Waals surface area (Å²) in [5, 5.41) is 0. The summed E-state index contributed by atoms with van der Waals surface area (Å²) in [6.45, 7) is 5.11. The third-order valence-electron chi connectivity index (χ3n) is 1.86. The van der Waals surface area contributed by atoms with Crippen LogP contribution in [0, 0.1) is 5.92 Å². The number of carbonyl (C=O) groups excluding carboxylic acids is 1. The average Bonchev–Trinajstić information content (AvgIpc) is 2.25. The van der Waals surface area contributed by atoms with Crippen molar-refractivity contribution in [1.82, 2.24) is 0 Å². The third-order valence-corrected chi connectivity index (χ3v) is 3.35. The Morgan fingerprint density at radius 3 is 2.50 bits per heavy atom. The molecule has 0 aromatic heterocycles. The van der Waals surface area contributed by atoms with E-state index in [0.717, 1.165) is 0 Å². The number of esters is 1. The molecule has 0 spiro atoms. The van der Waals surface area contributed by atoms with Crippen molar-refractivity contribution < 1.29 is 22.8 Å². The normalized spacial score (nSPS) is 33.0. The van der Waals surface area contributed by atoms with E-state index in [1.807, 2.05) is 0 Å². The first-order valence-corrected chi connectivity index (χ1v) is 6.01. The molecule has 5 nitrogen and oxygen atoms in total. The Hall–Kier alpha value is -0.300. The van der Waals surface area contributed by atoms with Crippen LogP contribution in [0.3, 0.4) is 0 Å². The number of hydrogen-bond acceptors (Lipinski definition) is 5. The fourth-order valence-corrected chi connectivity index (χ4v) is 2.58. The van der Waals surface area contributed by atoms with Crippen LogP contribution in [0.4, 0.5) is 0 Å². The zero-order valence-electron chi connectivity index (χ0n) is 8.52. The van der Waals surface area contributed by atoms with Crippen LogP contribution in [0.2, 0.25) is 0 Å². The molecule has 0 aliphatic carbocycles. The Bertz CT molecular complexity index is 240. The van der Waals surface area contributed by atoms with Crippen LogP contribution in [0.1, 0.15) is 20.8 Å². The standard InChI is InChI=1S/C8H16O5S/c1-6(2)7(9)13-8(3)4-12-14(10,11)5-8/h6,10-11H,4-5H2,1-3H3. The lowest BCUT2D eigenvalue weighted by Gasteiger charge is -2.24. The number of rotatable bonds is 2. The van der Waals surface area contributed by atoms with Crippen LogP contribution in [0.5, 0.6) is 0 Å². The fraction of sp³-hybridized carbons (Fsp3) is 0.875. The molecule has 2 N–H and O–H groups in total. The summed E-state index contributed by atoms with van der Waals surface area (Å²) in [7, 11) is -3.00. The molecule has 1 aliphatic heterocycles. The van der Waals surface area contributed by atoms with E-state index in [-0.39, 0.29) is 24.2 Å². The second kappa shape index (κ2) is 3.69. The molecule has 0 saturated carbocycles. The summed E-state index contributed by atoms with van der Waals surface area (Å²) in [6, 6.07) is 0. The summed E-state index contributed by atoms with van der Waals surface area (Å²) in [5.41, 5.74) is -0.903. The smallest absolute Gasteiger partial charge is 0.309 e. The van der Waals surface area contributed by atoms with Gasteiger partial charge in [-0.1, -0.05) is 13.8 Å². The van der Waals surface area contributed by atoms with Crippen molar-refractivity contribution in [2.45, 2.75) is 26.4 Å². The first-order valence-electron chi connectivity index (χ1n) is 4.37. The van der Waals surface area contributed by atoms with Crippen LogP contribution in [0.25, 0.3) is 0 Å². The van der Waals surface area contributed by atoms with E-state index in [1.54, 1.807) is 20.8 Å². The summed E-state index contributed by atoms with van der Waals surface area (Å²) in [6.07, 6.45) is 0. The van der Waals surface area contributed by atoms with Gasteiger partial charge < -0.3 is 13.8 Å². The Kier molecular flexibility index (Phi) is 3.10. The van der Waals surface area contributed by atoms with Crippen molar-refractivity contribution in [2.24, 2.45) is 5.92 Å². The summed E-state index contributed by atoms with van der Waals surface area (Å²) >= 11 is 0. The van der Waals surface area contributed by atoms with Gasteiger partial charge in [-0.15, -0.1) is 0 Å². The molecule has 1 aliphatic rings. The molecule has 0 aromatic rings. The Morgan fingerprint density at radius 2 is 2.14 bits per heavy atom. The van der Waals surface area contributed by atoms with Gasteiger partial charge in [0.05, 0.1) is 22.5 Å². The second-order valence-corrected chi connectivity index (χ2v) is 5.78. The van der Waals surface area contributed by atoms with Crippen molar-refractivity contribution in [3.05, 3.63) is 0 Å². The summed E-state index contributed by atoms with van der Waals surface area (Å²) in [4.78, 5) is 11.3. The molecule has 84 valence electrons. The lowest BCUT2D eigenvalue weighted by Crippen LogP contribution is -2.36. The van der Waals surface area contributed by atoms with Crippen molar-refractivity contribution in [1.29, 1.82) is 0 Å². The highest BCUT2D eigenvalue weighted by molar-refractivity contribution is 8.20. The van der Waals surface area contributed by atoms with Crippen molar-refractivity contribution in [2.75, 3.05) is 12.4 Å². The van der Waals surface area contributed by atoms with E-state index < -0.39 is 16.5 Å². The van der Waals surface area contributed by atoms with Crippen LogP contribution in [-0.4, -0.2) is 33.0 Å². The molecule has 0 radical (unpaired) electrons. The van der Waals surface area contributed by atoms with E-state index in [4.69, 9.17) is 8.92 Å². The topological polar surface area (TPSA) is 76.0 Å². The van der Waals surface area contributed by atoms with Crippen molar-refractivity contribution in [3.63, 3.8) is 0 Å². The quantitative estimate of drug-likeness (QED) is 0.697. The summed E-state index contributed by atoms with van der Waals surface area (Å²) in [5.74, 6) is -0.624. The zero-order chi connectivity index (χ0) is 11.0. The lowest BCUT2D eigenvalue weighted by atomic mass is 10.1. The first kappa shape index (κ1) is 11.8. The van der Waals surface area contributed by atoms with E-state index in [1.165, 1.54) is 0 Å². The summed E-state index contributed by atoms with van der Waals surface area (Å²) < 4.78 is 28.3. The van der Waals surface area contributed by atoms with Gasteiger partial charge >= 0.3 is 5.97 Å². The predicted molar refractivity (Wildman–Crippen MR) is 53.0 cm³/mol. The third kappa shape index (κ3) is 2.84. The maximum atomic E-state index is 11.3. The second-order valence-electron chi connectivity index (χ2n) is 4.04. The monoisotopic (exact) mass is 224 g/mol. The van der Waals surface area contributed by atoms with Gasteiger partial charge in [0.1, 0.15) is 12.2 Å². The molecule has 6 heteroatoms. The largest absolute Gasteiger partial charge is 0.456 e. The number of hydrogen-bond donors (Lipinski definition) is 2. The maximum Gasteiger partial charge on any atom is 0.309 e. The van der Waals surface area contributed by atoms with Gasteiger partial charge in [-0.25, -0.2) is 0 Å². The van der Waals surface area contributed by atoms with Crippen LogP contribution >= 0.6 is 10.9 Å². The van der Waals surface area contributed by atoms with Gasteiger partial charge in [0.25, 0.3) is 0 Å². The minimum atomic E-state index is -3.00. The zero-order valence-corrected chi connectivity index (χ0v) is 9.34. The SMILES string of the molecule is CC(C)C(=O)OC1(C)COS(O)(O)C1. The average molecular weight is 224 g/mol. The van der Waals surface area contributed by atoms with Gasteiger partial charge in [-0.2, -0.15) is 0 Å². The molecule has 0 amide bonds. The molecular formula is C8H16O5S. The number of carbonyl (C=O) groups is 1. The van der Waals surface area contributed by atoms with Gasteiger partial charge in [-0.3, -0.25) is 8.98 Å². The van der Waals surface area contributed by atoms with Gasteiger partial charge in [-0.05, 0) is 6.92 Å². The van der Waals surface area contributed by atoms with E-state index >= 15 is 0 Å². The Morgan fingerprint density at radius 1 is 1.57 bits per heavy atom. The van der Waals surface area contributed by atoms with E-state index in [2.05, 4.69) is 0 Å². The highest BCUT2D eigenvalue weighted by atomic mass is 32.3. The Labute approximate surface area is 85.0 Å².